The second-order valence-electron chi connectivity index (χ2n) is 4.70. The molecule has 1 amide bonds. The Morgan fingerprint density at radius 1 is 1.63 bits per heavy atom. The van der Waals surface area contributed by atoms with Gasteiger partial charge in [-0.15, -0.1) is 0 Å². The zero-order chi connectivity index (χ0) is 13.7. The molecular weight excluding hydrogens is 244 g/mol. The first-order valence-corrected chi connectivity index (χ1v) is 6.79. The minimum Gasteiger partial charge on any atom is -0.358 e. The van der Waals surface area contributed by atoms with Crippen LogP contribution in [0.5, 0.6) is 0 Å². The van der Waals surface area contributed by atoms with Gasteiger partial charge >= 0.3 is 0 Å². The number of carbonyl (C=O) groups excluding carboxylic acids is 1. The smallest absolute Gasteiger partial charge is 0.238 e. The summed E-state index contributed by atoms with van der Waals surface area (Å²) in [5.41, 5.74) is 0. The van der Waals surface area contributed by atoms with Crippen molar-refractivity contribution in [2.75, 3.05) is 26.7 Å². The predicted molar refractivity (Wildman–Crippen MR) is 71.4 cm³/mol. The van der Waals surface area contributed by atoms with Crippen molar-refractivity contribution in [2.24, 2.45) is 0 Å². The summed E-state index contributed by atoms with van der Waals surface area (Å²) in [5.74, 6) is 0.978. The largest absolute Gasteiger partial charge is 0.358 e. The van der Waals surface area contributed by atoms with E-state index in [0.29, 0.717) is 13.1 Å². The van der Waals surface area contributed by atoms with E-state index in [-0.39, 0.29) is 11.9 Å². The Hall–Kier alpha value is -1.47. The molecule has 1 aliphatic rings. The van der Waals surface area contributed by atoms with Gasteiger partial charge < -0.3 is 10.6 Å². The van der Waals surface area contributed by atoms with Gasteiger partial charge in [0.1, 0.15) is 18.2 Å². The van der Waals surface area contributed by atoms with Gasteiger partial charge in [-0.25, -0.2) is 9.67 Å². The van der Waals surface area contributed by atoms with Gasteiger partial charge in [0, 0.05) is 33.2 Å². The van der Waals surface area contributed by atoms with E-state index in [1.54, 1.807) is 13.4 Å². The Balaban J connectivity index is 2.06. The number of aromatic nitrogens is 3. The highest BCUT2D eigenvalue weighted by atomic mass is 16.2. The van der Waals surface area contributed by atoms with E-state index in [0.717, 1.165) is 31.9 Å². The number of nitrogens with one attached hydrogen (secondary N) is 2. The van der Waals surface area contributed by atoms with E-state index in [1.165, 1.54) is 0 Å². The van der Waals surface area contributed by atoms with Crippen molar-refractivity contribution in [1.82, 2.24) is 30.3 Å². The molecular formula is C12H22N6O. The molecule has 106 valence electrons. The summed E-state index contributed by atoms with van der Waals surface area (Å²) in [4.78, 5) is 18.3. The fraction of sp³-hybridized carbons (Fsp3) is 0.750. The van der Waals surface area contributed by atoms with Crippen LogP contribution in [-0.2, 0) is 17.9 Å². The van der Waals surface area contributed by atoms with Crippen molar-refractivity contribution in [3.05, 3.63) is 12.2 Å². The first-order chi connectivity index (χ1) is 9.26. The van der Waals surface area contributed by atoms with Crippen LogP contribution in [0.3, 0.4) is 0 Å². The molecule has 1 atom stereocenters. The number of rotatable bonds is 5. The first-order valence-electron chi connectivity index (χ1n) is 6.79. The molecule has 1 saturated heterocycles. The van der Waals surface area contributed by atoms with Crippen LogP contribution in [0.2, 0.25) is 0 Å². The number of piperazine rings is 1. The second kappa shape index (κ2) is 6.63. The summed E-state index contributed by atoms with van der Waals surface area (Å²) >= 11 is 0. The maximum Gasteiger partial charge on any atom is 0.238 e. The van der Waals surface area contributed by atoms with Crippen LogP contribution in [0.15, 0.2) is 6.33 Å². The Morgan fingerprint density at radius 3 is 3.21 bits per heavy atom. The summed E-state index contributed by atoms with van der Waals surface area (Å²) < 4.78 is 1.92. The summed E-state index contributed by atoms with van der Waals surface area (Å²) in [6.07, 6.45) is 2.61. The second-order valence-corrected chi connectivity index (χ2v) is 4.70. The fourth-order valence-corrected chi connectivity index (χ4v) is 2.35. The number of carbonyl (C=O) groups is 1. The number of aryl methyl sites for hydroxylation is 1. The van der Waals surface area contributed by atoms with Gasteiger partial charge in [0.15, 0.2) is 0 Å². The van der Waals surface area contributed by atoms with Crippen molar-refractivity contribution in [3.8, 4) is 0 Å². The first kappa shape index (κ1) is 14.0. The molecule has 1 unspecified atom stereocenters. The van der Waals surface area contributed by atoms with Crippen LogP contribution in [-0.4, -0.2) is 58.3 Å². The average molecular weight is 266 g/mol. The number of amides is 1. The van der Waals surface area contributed by atoms with Crippen LogP contribution < -0.4 is 10.6 Å². The zero-order valence-corrected chi connectivity index (χ0v) is 11.6. The molecule has 0 aliphatic carbocycles. The minimum absolute atomic E-state index is 0.0498. The Morgan fingerprint density at radius 2 is 2.47 bits per heavy atom. The average Bonchev–Trinajstić information content (AvgIpc) is 2.86. The van der Waals surface area contributed by atoms with E-state index in [1.807, 2.05) is 4.68 Å². The van der Waals surface area contributed by atoms with Crippen LogP contribution in [0, 0.1) is 0 Å². The number of likely N-dealkylation sites (N-methyl/N-ethyl adjacent to an activating group) is 1. The minimum atomic E-state index is -0.134. The van der Waals surface area contributed by atoms with Gasteiger partial charge in [0.2, 0.25) is 5.91 Å². The van der Waals surface area contributed by atoms with Gasteiger partial charge in [-0.2, -0.15) is 5.10 Å². The quantitative estimate of drug-likeness (QED) is 0.730. The number of nitrogens with zero attached hydrogens (tertiary/aromatic N) is 4. The summed E-state index contributed by atoms with van der Waals surface area (Å²) in [5, 5.41) is 10.2. The lowest BCUT2D eigenvalue weighted by Gasteiger charge is -2.34. The molecule has 0 bridgehead atoms. The summed E-state index contributed by atoms with van der Waals surface area (Å²) in [6.45, 7) is 6.07. The van der Waals surface area contributed by atoms with Crippen LogP contribution in [0.1, 0.15) is 19.2 Å². The van der Waals surface area contributed by atoms with Gasteiger partial charge in [0.25, 0.3) is 0 Å². The molecule has 1 fully saturated rings. The standard InChI is InChI=1S/C12H22N6O/c1-3-5-18-11(15-9-16-18)8-17-6-4-14-7-10(17)12(19)13-2/h9-10,14H,3-8H2,1-2H3,(H,13,19). The summed E-state index contributed by atoms with van der Waals surface area (Å²) in [7, 11) is 1.68. The van der Waals surface area contributed by atoms with Crippen molar-refractivity contribution in [2.45, 2.75) is 32.5 Å². The van der Waals surface area contributed by atoms with Gasteiger partial charge in [-0.3, -0.25) is 9.69 Å². The highest BCUT2D eigenvalue weighted by Gasteiger charge is 2.28. The zero-order valence-electron chi connectivity index (χ0n) is 11.6. The molecule has 2 rings (SSSR count). The molecule has 1 aliphatic heterocycles. The highest BCUT2D eigenvalue weighted by molar-refractivity contribution is 5.81. The molecule has 1 aromatic rings. The molecule has 2 N–H and O–H groups in total. The molecule has 7 heteroatoms. The van der Waals surface area contributed by atoms with E-state index in [4.69, 9.17) is 0 Å². The third kappa shape index (κ3) is 3.30. The third-order valence-corrected chi connectivity index (χ3v) is 3.38. The van der Waals surface area contributed by atoms with Crippen molar-refractivity contribution in [1.29, 1.82) is 0 Å². The fourth-order valence-electron chi connectivity index (χ4n) is 2.35. The molecule has 19 heavy (non-hydrogen) atoms. The topological polar surface area (TPSA) is 75.1 Å². The molecule has 0 aromatic carbocycles. The van der Waals surface area contributed by atoms with Gasteiger partial charge in [-0.05, 0) is 6.42 Å². The number of hydrogen-bond acceptors (Lipinski definition) is 5. The number of hydrogen-bond donors (Lipinski definition) is 2. The van der Waals surface area contributed by atoms with E-state index in [2.05, 4.69) is 32.5 Å². The van der Waals surface area contributed by atoms with Gasteiger partial charge in [0.05, 0.1) is 6.54 Å². The molecule has 0 radical (unpaired) electrons. The highest BCUT2D eigenvalue weighted by Crippen LogP contribution is 2.09. The van der Waals surface area contributed by atoms with Crippen molar-refractivity contribution >= 4 is 5.91 Å². The van der Waals surface area contributed by atoms with Crippen LogP contribution >= 0.6 is 0 Å². The van der Waals surface area contributed by atoms with E-state index >= 15 is 0 Å². The van der Waals surface area contributed by atoms with Crippen molar-refractivity contribution < 1.29 is 4.79 Å². The Kier molecular flexibility index (Phi) is 4.86. The lowest BCUT2D eigenvalue weighted by molar-refractivity contribution is -0.126. The molecule has 2 heterocycles. The monoisotopic (exact) mass is 266 g/mol. The van der Waals surface area contributed by atoms with Crippen LogP contribution in [0.25, 0.3) is 0 Å². The van der Waals surface area contributed by atoms with E-state index < -0.39 is 0 Å². The predicted octanol–water partition coefficient (Wildman–Crippen LogP) is -0.792. The third-order valence-electron chi connectivity index (χ3n) is 3.38. The maximum atomic E-state index is 11.9. The lowest BCUT2D eigenvalue weighted by atomic mass is 10.1. The Bertz CT molecular complexity index is 418. The van der Waals surface area contributed by atoms with Gasteiger partial charge in [-0.1, -0.05) is 6.92 Å². The lowest BCUT2D eigenvalue weighted by Crippen LogP contribution is -2.57. The molecule has 7 nitrogen and oxygen atoms in total. The normalized spacial score (nSPS) is 20.4. The Labute approximate surface area is 113 Å². The molecule has 1 aromatic heterocycles. The maximum absolute atomic E-state index is 11.9. The van der Waals surface area contributed by atoms with Crippen molar-refractivity contribution in [3.63, 3.8) is 0 Å². The summed E-state index contributed by atoms with van der Waals surface area (Å²) in [6, 6.07) is -0.134. The van der Waals surface area contributed by atoms with Crippen LogP contribution in [0.4, 0.5) is 0 Å². The molecule has 0 spiro atoms. The van der Waals surface area contributed by atoms with E-state index in [9.17, 15) is 4.79 Å². The SMILES string of the molecule is CCCn1ncnc1CN1CCNCC1C(=O)NC. The molecule has 0 saturated carbocycles.